The summed E-state index contributed by atoms with van der Waals surface area (Å²) in [5.74, 6) is 1.60. The number of anilines is 1. The zero-order valence-electron chi connectivity index (χ0n) is 15.7. The maximum Gasteiger partial charge on any atom is 0.234 e. The second-order valence-corrected chi connectivity index (χ2v) is 7.47. The van der Waals surface area contributed by atoms with Gasteiger partial charge in [0.05, 0.1) is 5.75 Å². The van der Waals surface area contributed by atoms with E-state index in [1.165, 1.54) is 17.3 Å². The Hall–Kier alpha value is -2.51. The van der Waals surface area contributed by atoms with Gasteiger partial charge in [-0.15, -0.1) is 10.2 Å². The predicted molar refractivity (Wildman–Crippen MR) is 112 cm³/mol. The van der Waals surface area contributed by atoms with E-state index in [9.17, 15) is 4.79 Å². The molecule has 0 atom stereocenters. The fourth-order valence-electron chi connectivity index (χ4n) is 2.53. The lowest BCUT2D eigenvalue weighted by molar-refractivity contribution is -0.113. The van der Waals surface area contributed by atoms with Gasteiger partial charge in [0.2, 0.25) is 5.91 Å². The first-order valence-corrected chi connectivity index (χ1v) is 10.2. The van der Waals surface area contributed by atoms with Crippen molar-refractivity contribution in [2.45, 2.75) is 32.2 Å². The maximum atomic E-state index is 12.2. The molecular weight excluding hydrogens is 396 g/mol. The van der Waals surface area contributed by atoms with Gasteiger partial charge in [-0.3, -0.25) is 4.79 Å². The Balaban J connectivity index is 1.57. The summed E-state index contributed by atoms with van der Waals surface area (Å²) in [5.41, 5.74) is 1.85. The average Bonchev–Trinajstić information content (AvgIpc) is 3.08. The third kappa shape index (κ3) is 5.50. The summed E-state index contributed by atoms with van der Waals surface area (Å²) in [6.45, 7) is 5.05. The number of rotatable bonds is 8. The van der Waals surface area contributed by atoms with Crippen molar-refractivity contribution < 1.29 is 9.53 Å². The highest BCUT2D eigenvalue weighted by Gasteiger charge is 2.14. The number of nitrogens with zero attached hydrogens (tertiary/aromatic N) is 3. The van der Waals surface area contributed by atoms with Crippen molar-refractivity contribution in [1.29, 1.82) is 0 Å². The van der Waals surface area contributed by atoms with Gasteiger partial charge in [0.15, 0.2) is 11.0 Å². The molecule has 8 heteroatoms. The third-order valence-corrected chi connectivity index (χ3v) is 5.14. The number of benzene rings is 2. The third-order valence-electron chi connectivity index (χ3n) is 3.94. The predicted octanol–water partition coefficient (Wildman–Crippen LogP) is 4.57. The van der Waals surface area contributed by atoms with Gasteiger partial charge in [0.25, 0.3) is 0 Å². The molecule has 0 aliphatic rings. The number of aromatic nitrogens is 3. The highest BCUT2D eigenvalue weighted by atomic mass is 35.5. The van der Waals surface area contributed by atoms with E-state index in [4.69, 9.17) is 16.3 Å². The number of thioether (sulfide) groups is 1. The van der Waals surface area contributed by atoms with E-state index < -0.39 is 0 Å². The van der Waals surface area contributed by atoms with Crippen molar-refractivity contribution in [3.63, 3.8) is 0 Å². The van der Waals surface area contributed by atoms with Crippen LogP contribution in [-0.2, 0) is 17.9 Å². The van der Waals surface area contributed by atoms with Gasteiger partial charge in [-0.25, -0.2) is 0 Å². The molecule has 0 fully saturated rings. The maximum absolute atomic E-state index is 12.2. The fraction of sp³-hybridized carbons (Fsp3) is 0.250. The van der Waals surface area contributed by atoms with Crippen molar-refractivity contribution in [1.82, 2.24) is 14.8 Å². The van der Waals surface area contributed by atoms with Crippen molar-refractivity contribution in [2.75, 3.05) is 11.1 Å². The minimum absolute atomic E-state index is 0.129. The number of ether oxygens (including phenoxy) is 1. The van der Waals surface area contributed by atoms with Crippen LogP contribution in [-0.4, -0.2) is 26.4 Å². The summed E-state index contributed by atoms with van der Waals surface area (Å²) in [5, 5.41) is 12.5. The monoisotopic (exact) mass is 416 g/mol. The molecule has 1 aromatic heterocycles. The number of carbonyl (C=O) groups excluding carboxylic acids is 1. The first kappa shape index (κ1) is 20.2. The number of carbonyl (C=O) groups is 1. The van der Waals surface area contributed by atoms with E-state index in [2.05, 4.69) is 15.5 Å². The molecule has 1 N–H and O–H groups in total. The largest absolute Gasteiger partial charge is 0.486 e. The Bertz CT molecular complexity index is 944. The van der Waals surface area contributed by atoms with Crippen LogP contribution in [0.3, 0.4) is 0 Å². The Morgan fingerprint density at radius 3 is 2.71 bits per heavy atom. The Morgan fingerprint density at radius 2 is 2.00 bits per heavy atom. The Morgan fingerprint density at radius 1 is 1.21 bits per heavy atom. The van der Waals surface area contributed by atoms with Crippen LogP contribution in [0, 0.1) is 6.92 Å². The molecule has 0 spiro atoms. The number of aryl methyl sites for hydroxylation is 1. The topological polar surface area (TPSA) is 69.0 Å². The van der Waals surface area contributed by atoms with Crippen LogP contribution in [0.5, 0.6) is 5.75 Å². The van der Waals surface area contributed by atoms with Crippen molar-refractivity contribution >= 4 is 35.0 Å². The van der Waals surface area contributed by atoms with Gasteiger partial charge < -0.3 is 14.6 Å². The molecule has 3 aromatic rings. The van der Waals surface area contributed by atoms with Crippen LogP contribution in [0.1, 0.15) is 18.3 Å². The van der Waals surface area contributed by atoms with Gasteiger partial charge >= 0.3 is 0 Å². The van der Waals surface area contributed by atoms with Crippen molar-refractivity contribution in [3.05, 3.63) is 64.9 Å². The van der Waals surface area contributed by atoms with Crippen LogP contribution < -0.4 is 10.1 Å². The van der Waals surface area contributed by atoms with Crippen LogP contribution >= 0.6 is 23.4 Å². The quantitative estimate of drug-likeness (QED) is 0.545. The summed E-state index contributed by atoms with van der Waals surface area (Å²) in [4.78, 5) is 12.2. The lowest BCUT2D eigenvalue weighted by Gasteiger charge is -2.09. The van der Waals surface area contributed by atoms with E-state index in [0.717, 1.165) is 11.6 Å². The van der Waals surface area contributed by atoms with E-state index in [-0.39, 0.29) is 11.7 Å². The van der Waals surface area contributed by atoms with Gasteiger partial charge in [0.1, 0.15) is 12.4 Å². The number of amides is 1. The average molecular weight is 417 g/mol. The molecule has 0 saturated heterocycles. The number of nitrogens with one attached hydrogen (secondary N) is 1. The van der Waals surface area contributed by atoms with Gasteiger partial charge in [-0.05, 0) is 44.2 Å². The molecular formula is C20H21ClN4O2S. The molecule has 1 amide bonds. The second kappa shape index (κ2) is 9.61. The molecule has 0 aliphatic heterocycles. The highest BCUT2D eigenvalue weighted by Crippen LogP contribution is 2.20. The lowest BCUT2D eigenvalue weighted by atomic mass is 10.2. The SMILES string of the molecule is CCn1c(COc2ccc(C)cc2)nnc1SCC(=O)Nc1cccc(Cl)c1. The van der Waals surface area contributed by atoms with E-state index in [1.807, 2.05) is 42.7 Å². The lowest BCUT2D eigenvalue weighted by Crippen LogP contribution is -2.14. The molecule has 146 valence electrons. The number of hydrogen-bond acceptors (Lipinski definition) is 5. The van der Waals surface area contributed by atoms with Crippen LogP contribution in [0.25, 0.3) is 0 Å². The Labute approximate surface area is 173 Å². The second-order valence-electron chi connectivity index (χ2n) is 6.09. The summed E-state index contributed by atoms with van der Waals surface area (Å²) < 4.78 is 7.74. The zero-order chi connectivity index (χ0) is 19.9. The van der Waals surface area contributed by atoms with E-state index >= 15 is 0 Å². The van der Waals surface area contributed by atoms with Gasteiger partial charge in [-0.1, -0.05) is 47.1 Å². The number of hydrogen-bond donors (Lipinski definition) is 1. The first-order chi connectivity index (χ1) is 13.5. The van der Waals surface area contributed by atoms with Gasteiger partial charge in [-0.2, -0.15) is 0 Å². The van der Waals surface area contributed by atoms with Crippen LogP contribution in [0.15, 0.2) is 53.7 Å². The zero-order valence-corrected chi connectivity index (χ0v) is 17.3. The summed E-state index contributed by atoms with van der Waals surface area (Å²) >= 11 is 7.27. The molecule has 6 nitrogen and oxygen atoms in total. The van der Waals surface area contributed by atoms with E-state index in [1.54, 1.807) is 24.3 Å². The molecule has 3 rings (SSSR count). The molecule has 0 bridgehead atoms. The molecule has 0 radical (unpaired) electrons. The van der Waals surface area contributed by atoms with Crippen molar-refractivity contribution in [2.24, 2.45) is 0 Å². The fourth-order valence-corrected chi connectivity index (χ4v) is 3.54. The molecule has 0 unspecified atom stereocenters. The van der Waals surface area contributed by atoms with Gasteiger partial charge in [0, 0.05) is 17.3 Å². The minimum Gasteiger partial charge on any atom is -0.486 e. The Kier molecular flexibility index (Phi) is 6.95. The van der Waals surface area contributed by atoms with Crippen molar-refractivity contribution in [3.8, 4) is 5.75 Å². The molecule has 0 saturated carbocycles. The normalized spacial score (nSPS) is 10.7. The summed E-state index contributed by atoms with van der Waals surface area (Å²) in [6, 6.07) is 14.9. The minimum atomic E-state index is -0.129. The van der Waals surface area contributed by atoms with E-state index in [0.29, 0.717) is 29.0 Å². The summed E-state index contributed by atoms with van der Waals surface area (Å²) in [7, 11) is 0. The molecule has 2 aromatic carbocycles. The van der Waals surface area contributed by atoms with Crippen LogP contribution in [0.2, 0.25) is 5.02 Å². The first-order valence-electron chi connectivity index (χ1n) is 8.85. The summed E-state index contributed by atoms with van der Waals surface area (Å²) in [6.07, 6.45) is 0. The molecule has 28 heavy (non-hydrogen) atoms. The highest BCUT2D eigenvalue weighted by molar-refractivity contribution is 7.99. The standard InChI is InChI=1S/C20H21ClN4O2S/c1-3-25-18(12-27-17-9-7-14(2)8-10-17)23-24-20(25)28-13-19(26)22-16-6-4-5-15(21)11-16/h4-11H,3,12-13H2,1-2H3,(H,22,26). The smallest absolute Gasteiger partial charge is 0.234 e. The van der Waals surface area contributed by atoms with Crippen LogP contribution in [0.4, 0.5) is 5.69 Å². The number of halogens is 1. The molecule has 1 heterocycles. The molecule has 0 aliphatic carbocycles.